The van der Waals surface area contributed by atoms with E-state index in [2.05, 4.69) is 20.8 Å². The number of nitrogens with two attached hydrogens (primary N) is 1. The Morgan fingerprint density at radius 2 is 1.06 bits per heavy atom. The molecule has 5 nitrogen and oxygen atoms in total. The van der Waals surface area contributed by atoms with Crippen LogP contribution in [0.15, 0.2) is 0 Å². The maximum atomic E-state index is 13.7. The van der Waals surface area contributed by atoms with E-state index in [0.717, 1.165) is 51.4 Å². The third-order valence-corrected chi connectivity index (χ3v) is 6.37. The van der Waals surface area contributed by atoms with Crippen molar-refractivity contribution in [3.63, 3.8) is 0 Å². The average molecular weight is 455 g/mol. The maximum absolute atomic E-state index is 13.7. The summed E-state index contributed by atoms with van der Waals surface area (Å²) in [6, 6.07) is 0. The molecule has 5 heteroatoms. The van der Waals surface area contributed by atoms with E-state index in [9.17, 15) is 9.59 Å². The first-order valence-corrected chi connectivity index (χ1v) is 13.7. The summed E-state index contributed by atoms with van der Waals surface area (Å²) < 4.78 is 5.87. The van der Waals surface area contributed by atoms with E-state index in [1.807, 2.05) is 11.8 Å². The van der Waals surface area contributed by atoms with Gasteiger partial charge in [-0.3, -0.25) is 9.59 Å². The van der Waals surface area contributed by atoms with Gasteiger partial charge in [0.05, 0.1) is 0 Å². The first kappa shape index (κ1) is 30.9. The topological polar surface area (TPSA) is 72.6 Å². The molecule has 0 aliphatic carbocycles. The zero-order chi connectivity index (χ0) is 24.1. The molecule has 1 atom stereocenters. The van der Waals surface area contributed by atoms with Crippen LogP contribution in [-0.2, 0) is 14.3 Å². The summed E-state index contributed by atoms with van der Waals surface area (Å²) >= 11 is 0. The first-order chi connectivity index (χ1) is 15.5. The number of hydrogen-bond donors (Lipinski definition) is 1. The van der Waals surface area contributed by atoms with Crippen molar-refractivity contribution in [1.82, 2.24) is 4.90 Å². The lowest BCUT2D eigenvalue weighted by Crippen LogP contribution is -2.59. The number of carbonyl (C=O) groups is 2. The Hall–Kier alpha value is -1.10. The van der Waals surface area contributed by atoms with Gasteiger partial charge in [-0.05, 0) is 32.6 Å². The summed E-state index contributed by atoms with van der Waals surface area (Å²) in [5.74, 6) is -0.831. The molecule has 0 aromatic rings. The van der Waals surface area contributed by atoms with Crippen LogP contribution in [0.1, 0.15) is 137 Å². The van der Waals surface area contributed by atoms with Crippen molar-refractivity contribution in [3.05, 3.63) is 0 Å². The highest BCUT2D eigenvalue weighted by Crippen LogP contribution is 2.25. The molecule has 0 aromatic heterocycles. The third-order valence-electron chi connectivity index (χ3n) is 6.37. The summed E-state index contributed by atoms with van der Waals surface area (Å²) in [5, 5.41) is 0. The van der Waals surface area contributed by atoms with E-state index >= 15 is 0 Å². The summed E-state index contributed by atoms with van der Waals surface area (Å²) in [5.41, 5.74) is 4.31. The molecule has 0 heterocycles. The molecule has 190 valence electrons. The minimum absolute atomic E-state index is 0.203. The van der Waals surface area contributed by atoms with Crippen LogP contribution in [0.4, 0.5) is 0 Å². The van der Waals surface area contributed by atoms with Gasteiger partial charge in [0.15, 0.2) is 0 Å². The zero-order valence-electron chi connectivity index (χ0n) is 21.9. The molecule has 0 aliphatic heterocycles. The van der Waals surface area contributed by atoms with Crippen LogP contribution in [-0.4, -0.2) is 42.0 Å². The van der Waals surface area contributed by atoms with Gasteiger partial charge in [-0.1, -0.05) is 104 Å². The number of primary amides is 1. The third kappa shape index (κ3) is 12.8. The number of hydrogen-bond acceptors (Lipinski definition) is 3. The van der Waals surface area contributed by atoms with Crippen molar-refractivity contribution in [2.24, 2.45) is 5.73 Å². The normalized spacial score (nSPS) is 13.1. The minimum Gasteiger partial charge on any atom is -0.367 e. The predicted molar refractivity (Wildman–Crippen MR) is 136 cm³/mol. The monoisotopic (exact) mass is 454 g/mol. The SMILES string of the molecule is CCCCCCCCN(CCCCCCCC)C(=O)C(CCCCCC)(OCC)C(N)=O. The number of carbonyl (C=O) groups excluding carboxylic acids is 2. The molecule has 0 aliphatic rings. The molecule has 0 saturated heterocycles. The highest BCUT2D eigenvalue weighted by atomic mass is 16.5. The fraction of sp³-hybridized carbons (Fsp3) is 0.926. The zero-order valence-corrected chi connectivity index (χ0v) is 21.9. The van der Waals surface area contributed by atoms with Crippen LogP contribution in [0.25, 0.3) is 0 Å². The fourth-order valence-corrected chi connectivity index (χ4v) is 4.32. The van der Waals surface area contributed by atoms with Crippen LogP contribution >= 0.6 is 0 Å². The van der Waals surface area contributed by atoms with Crippen molar-refractivity contribution in [3.8, 4) is 0 Å². The second-order valence-corrected chi connectivity index (χ2v) is 9.26. The van der Waals surface area contributed by atoms with Gasteiger partial charge in [-0.25, -0.2) is 0 Å². The van der Waals surface area contributed by atoms with Crippen molar-refractivity contribution in [1.29, 1.82) is 0 Å². The van der Waals surface area contributed by atoms with Crippen molar-refractivity contribution in [2.45, 2.75) is 142 Å². The predicted octanol–water partition coefficient (Wildman–Crippen LogP) is 6.77. The lowest BCUT2D eigenvalue weighted by atomic mass is 9.92. The standard InChI is InChI=1S/C27H54N2O3/c1-5-9-12-15-17-20-23-29(24-21-18-16-13-10-6-2)26(31)27(25(28)30,32-8-4)22-19-14-11-7-3/h5-24H2,1-4H3,(H2,28,30). The lowest BCUT2D eigenvalue weighted by molar-refractivity contribution is -0.167. The van der Waals surface area contributed by atoms with Gasteiger partial charge >= 0.3 is 0 Å². The summed E-state index contributed by atoms with van der Waals surface area (Å²) in [4.78, 5) is 28.1. The smallest absolute Gasteiger partial charge is 0.264 e. The van der Waals surface area contributed by atoms with Gasteiger partial charge < -0.3 is 15.4 Å². The Bertz CT molecular complexity index is 454. The van der Waals surface area contributed by atoms with Crippen molar-refractivity contribution in [2.75, 3.05) is 19.7 Å². The maximum Gasteiger partial charge on any atom is 0.264 e. The highest BCUT2D eigenvalue weighted by molar-refractivity contribution is 6.07. The van der Waals surface area contributed by atoms with Crippen LogP contribution < -0.4 is 5.73 Å². The molecule has 0 spiro atoms. The second kappa shape index (κ2) is 20.5. The second-order valence-electron chi connectivity index (χ2n) is 9.26. The summed E-state index contributed by atoms with van der Waals surface area (Å²) in [6.45, 7) is 10.1. The summed E-state index contributed by atoms with van der Waals surface area (Å²) in [6.07, 6.45) is 18.5. The Balaban J connectivity index is 5.16. The molecule has 0 aromatic carbocycles. The molecular formula is C27H54N2O3. The van der Waals surface area contributed by atoms with Crippen molar-refractivity contribution < 1.29 is 14.3 Å². The molecule has 0 radical (unpaired) electrons. The number of rotatable bonds is 23. The van der Waals surface area contributed by atoms with Gasteiger partial charge in [0.25, 0.3) is 11.8 Å². The Morgan fingerprint density at radius 1 is 0.656 bits per heavy atom. The molecule has 2 N–H and O–H groups in total. The number of ether oxygens (including phenoxy) is 1. The highest BCUT2D eigenvalue weighted by Gasteiger charge is 2.47. The van der Waals surface area contributed by atoms with E-state index < -0.39 is 11.5 Å². The number of nitrogens with zero attached hydrogens (tertiary/aromatic N) is 1. The van der Waals surface area contributed by atoms with Gasteiger partial charge in [-0.15, -0.1) is 0 Å². The van der Waals surface area contributed by atoms with E-state index in [0.29, 0.717) is 26.1 Å². The van der Waals surface area contributed by atoms with Gasteiger partial charge in [0.1, 0.15) is 0 Å². The Kier molecular flexibility index (Phi) is 19.8. The Labute approximate surface area is 199 Å². The molecule has 1 unspecified atom stereocenters. The first-order valence-electron chi connectivity index (χ1n) is 13.7. The molecular weight excluding hydrogens is 400 g/mol. The number of unbranched alkanes of at least 4 members (excludes halogenated alkanes) is 13. The van der Waals surface area contributed by atoms with E-state index in [1.54, 1.807) is 0 Å². The number of amides is 2. The minimum atomic E-state index is -1.51. The molecule has 2 amide bonds. The fourth-order valence-electron chi connectivity index (χ4n) is 4.32. The quantitative estimate of drug-likeness (QED) is 0.137. The van der Waals surface area contributed by atoms with Gasteiger partial charge in [-0.2, -0.15) is 0 Å². The van der Waals surface area contributed by atoms with E-state index in [-0.39, 0.29) is 5.91 Å². The van der Waals surface area contributed by atoms with Crippen LogP contribution in [0.3, 0.4) is 0 Å². The average Bonchev–Trinajstić information content (AvgIpc) is 2.78. The molecule has 0 fully saturated rings. The van der Waals surface area contributed by atoms with Crippen LogP contribution in [0.5, 0.6) is 0 Å². The Morgan fingerprint density at radius 3 is 1.47 bits per heavy atom. The molecule has 0 bridgehead atoms. The van der Waals surface area contributed by atoms with Crippen LogP contribution in [0, 0.1) is 0 Å². The van der Waals surface area contributed by atoms with Gasteiger partial charge in [0.2, 0.25) is 5.60 Å². The lowest BCUT2D eigenvalue weighted by Gasteiger charge is -2.35. The molecule has 0 rings (SSSR count). The largest absolute Gasteiger partial charge is 0.367 e. The van der Waals surface area contributed by atoms with Crippen LogP contribution in [0.2, 0.25) is 0 Å². The summed E-state index contributed by atoms with van der Waals surface area (Å²) in [7, 11) is 0. The van der Waals surface area contributed by atoms with E-state index in [1.165, 1.54) is 51.4 Å². The molecule has 32 heavy (non-hydrogen) atoms. The van der Waals surface area contributed by atoms with E-state index in [4.69, 9.17) is 10.5 Å². The van der Waals surface area contributed by atoms with Gasteiger partial charge in [0, 0.05) is 19.7 Å². The molecule has 0 saturated carbocycles. The van der Waals surface area contributed by atoms with Crippen molar-refractivity contribution >= 4 is 11.8 Å².